The number of hydrogen-bond donors (Lipinski definition) is 0. The van der Waals surface area contributed by atoms with Gasteiger partial charge in [-0.25, -0.2) is 0 Å². The summed E-state index contributed by atoms with van der Waals surface area (Å²) in [6, 6.07) is 0. The Morgan fingerprint density at radius 1 is 1.36 bits per heavy atom. The zero-order valence-electron chi connectivity index (χ0n) is 6.92. The van der Waals surface area contributed by atoms with Crippen LogP contribution in [0.3, 0.4) is 0 Å². The first kappa shape index (κ1) is 9.11. The molecule has 0 spiro atoms. The van der Waals surface area contributed by atoms with Gasteiger partial charge in [-0.15, -0.1) is 0 Å². The third-order valence-electron chi connectivity index (χ3n) is 2.21. The average molecular weight is 172 g/mol. The lowest BCUT2D eigenvalue weighted by molar-refractivity contribution is -0.107. The predicted octanol–water partition coefficient (Wildman–Crippen LogP) is 2.50. The lowest BCUT2D eigenvalue weighted by Gasteiger charge is -2.05. The topological polar surface area (TPSA) is 17.1 Å². The summed E-state index contributed by atoms with van der Waals surface area (Å²) in [5.74, 6) is 3.28. The molecule has 11 heavy (non-hydrogen) atoms. The van der Waals surface area contributed by atoms with Crippen LogP contribution in [0.15, 0.2) is 0 Å². The summed E-state index contributed by atoms with van der Waals surface area (Å²) in [7, 11) is 0. The van der Waals surface area contributed by atoms with E-state index < -0.39 is 0 Å². The zero-order chi connectivity index (χ0) is 7.94. The first-order valence-corrected chi connectivity index (χ1v) is 5.60. The lowest BCUT2D eigenvalue weighted by Crippen LogP contribution is -1.97. The van der Waals surface area contributed by atoms with Gasteiger partial charge in [-0.3, -0.25) is 0 Å². The number of carbonyl (C=O) groups excluding carboxylic acids is 1. The second-order valence-electron chi connectivity index (χ2n) is 3.18. The molecule has 1 rings (SSSR count). The van der Waals surface area contributed by atoms with Crippen molar-refractivity contribution in [2.24, 2.45) is 5.92 Å². The van der Waals surface area contributed by atoms with Crippen molar-refractivity contribution in [1.82, 2.24) is 0 Å². The maximum absolute atomic E-state index is 9.99. The van der Waals surface area contributed by atoms with Crippen molar-refractivity contribution in [3.63, 3.8) is 0 Å². The van der Waals surface area contributed by atoms with Gasteiger partial charge < -0.3 is 4.79 Å². The smallest absolute Gasteiger partial charge is 0.120 e. The number of hydrogen-bond acceptors (Lipinski definition) is 2. The van der Waals surface area contributed by atoms with Crippen LogP contribution in [0.5, 0.6) is 0 Å². The Morgan fingerprint density at radius 3 is 2.73 bits per heavy atom. The number of thioether (sulfide) groups is 1. The molecule has 0 heterocycles. The van der Waals surface area contributed by atoms with Gasteiger partial charge in [0.1, 0.15) is 6.29 Å². The summed E-state index contributed by atoms with van der Waals surface area (Å²) in [5.41, 5.74) is 0. The highest BCUT2D eigenvalue weighted by Gasteiger charge is 2.13. The molecule has 1 saturated carbocycles. The fourth-order valence-electron chi connectivity index (χ4n) is 1.56. The Labute approximate surface area is 72.9 Å². The van der Waals surface area contributed by atoms with Crippen LogP contribution < -0.4 is 0 Å². The number of aldehydes is 1. The van der Waals surface area contributed by atoms with Gasteiger partial charge >= 0.3 is 0 Å². The first-order valence-electron chi connectivity index (χ1n) is 4.45. The molecule has 0 aromatic carbocycles. The minimum atomic E-state index is 0.734. The zero-order valence-corrected chi connectivity index (χ0v) is 7.74. The largest absolute Gasteiger partial charge is 0.303 e. The summed E-state index contributed by atoms with van der Waals surface area (Å²) in [6.45, 7) is 0. The predicted molar refractivity (Wildman–Crippen MR) is 50.0 cm³/mol. The first-order chi connectivity index (χ1) is 5.43. The standard InChI is InChI=1S/C9H16OS/c10-6-3-7-11-8-9-4-1-2-5-9/h6,9H,1-5,7-8H2. The summed E-state index contributed by atoms with van der Waals surface area (Å²) < 4.78 is 0. The highest BCUT2D eigenvalue weighted by molar-refractivity contribution is 7.99. The molecule has 0 N–H and O–H groups in total. The molecule has 0 atom stereocenters. The van der Waals surface area contributed by atoms with E-state index in [4.69, 9.17) is 0 Å². The molecule has 1 fully saturated rings. The maximum Gasteiger partial charge on any atom is 0.120 e. The van der Waals surface area contributed by atoms with Crippen LogP contribution in [0.4, 0.5) is 0 Å². The van der Waals surface area contributed by atoms with Gasteiger partial charge in [0.2, 0.25) is 0 Å². The monoisotopic (exact) mass is 172 g/mol. The van der Waals surface area contributed by atoms with Crippen LogP contribution in [0.25, 0.3) is 0 Å². The SMILES string of the molecule is O=CCCSCC1CCCC1. The summed E-state index contributed by atoms with van der Waals surface area (Å²) >= 11 is 1.94. The van der Waals surface area contributed by atoms with E-state index in [1.54, 1.807) is 0 Å². The molecule has 1 aliphatic rings. The van der Waals surface area contributed by atoms with Gasteiger partial charge in [0.25, 0.3) is 0 Å². The minimum absolute atomic E-state index is 0.734. The molecule has 64 valence electrons. The van der Waals surface area contributed by atoms with E-state index >= 15 is 0 Å². The molecular weight excluding hydrogens is 156 g/mol. The second-order valence-corrected chi connectivity index (χ2v) is 4.33. The van der Waals surface area contributed by atoms with Gasteiger partial charge in [-0.1, -0.05) is 12.8 Å². The van der Waals surface area contributed by atoms with Crippen LogP contribution in [-0.4, -0.2) is 17.8 Å². The number of carbonyl (C=O) groups is 1. The summed E-state index contributed by atoms with van der Waals surface area (Å²) in [5, 5.41) is 0. The van der Waals surface area contributed by atoms with Gasteiger partial charge in [-0.2, -0.15) is 11.8 Å². The van der Waals surface area contributed by atoms with E-state index in [-0.39, 0.29) is 0 Å². The van der Waals surface area contributed by atoms with Crippen molar-refractivity contribution >= 4 is 18.0 Å². The van der Waals surface area contributed by atoms with Crippen molar-refractivity contribution in [3.05, 3.63) is 0 Å². The highest BCUT2D eigenvalue weighted by atomic mass is 32.2. The fraction of sp³-hybridized carbons (Fsp3) is 0.889. The minimum Gasteiger partial charge on any atom is -0.303 e. The third-order valence-corrected chi connectivity index (χ3v) is 3.44. The van der Waals surface area contributed by atoms with E-state index in [2.05, 4.69) is 0 Å². The van der Waals surface area contributed by atoms with Crippen LogP contribution >= 0.6 is 11.8 Å². The molecule has 0 unspecified atom stereocenters. The van der Waals surface area contributed by atoms with Crippen LogP contribution in [0.2, 0.25) is 0 Å². The molecule has 0 bridgehead atoms. The second kappa shape index (κ2) is 5.64. The van der Waals surface area contributed by atoms with Crippen LogP contribution in [0.1, 0.15) is 32.1 Å². The van der Waals surface area contributed by atoms with Crippen molar-refractivity contribution < 1.29 is 4.79 Å². The van der Waals surface area contributed by atoms with E-state index in [9.17, 15) is 4.79 Å². The van der Waals surface area contributed by atoms with Gasteiger partial charge in [0.05, 0.1) is 0 Å². The Hall–Kier alpha value is 0.0200. The van der Waals surface area contributed by atoms with E-state index in [0.29, 0.717) is 0 Å². The van der Waals surface area contributed by atoms with Crippen molar-refractivity contribution in [2.45, 2.75) is 32.1 Å². The Morgan fingerprint density at radius 2 is 2.09 bits per heavy atom. The van der Waals surface area contributed by atoms with Crippen LogP contribution in [-0.2, 0) is 4.79 Å². The molecule has 0 aromatic rings. The quantitative estimate of drug-likeness (QED) is 0.468. The summed E-state index contributed by atoms with van der Waals surface area (Å²) in [4.78, 5) is 9.99. The maximum atomic E-state index is 9.99. The molecule has 1 nitrogen and oxygen atoms in total. The van der Waals surface area contributed by atoms with Crippen molar-refractivity contribution in [2.75, 3.05) is 11.5 Å². The molecule has 2 heteroatoms. The number of rotatable bonds is 5. The van der Waals surface area contributed by atoms with E-state index in [0.717, 1.165) is 24.4 Å². The molecule has 0 saturated heterocycles. The van der Waals surface area contributed by atoms with E-state index in [1.807, 2.05) is 11.8 Å². The highest BCUT2D eigenvalue weighted by Crippen LogP contribution is 2.27. The van der Waals surface area contributed by atoms with Gasteiger partial charge in [0, 0.05) is 6.42 Å². The van der Waals surface area contributed by atoms with Crippen molar-refractivity contribution in [1.29, 1.82) is 0 Å². The Balaban J connectivity index is 1.89. The Kier molecular flexibility index (Phi) is 4.67. The molecular formula is C9H16OS. The van der Waals surface area contributed by atoms with Gasteiger partial charge in [0.15, 0.2) is 0 Å². The average Bonchev–Trinajstić information content (AvgIpc) is 2.50. The van der Waals surface area contributed by atoms with Gasteiger partial charge in [-0.05, 0) is 30.3 Å². The molecule has 1 aliphatic carbocycles. The molecule has 0 amide bonds. The molecule has 0 aromatic heterocycles. The molecule has 0 radical (unpaired) electrons. The molecule has 0 aliphatic heterocycles. The fourth-order valence-corrected chi connectivity index (χ4v) is 2.65. The van der Waals surface area contributed by atoms with E-state index in [1.165, 1.54) is 31.4 Å². The third kappa shape index (κ3) is 3.80. The van der Waals surface area contributed by atoms with Crippen molar-refractivity contribution in [3.8, 4) is 0 Å². The normalized spacial score (nSPS) is 18.9. The Bertz CT molecular complexity index is 108. The summed E-state index contributed by atoms with van der Waals surface area (Å²) in [6.07, 6.45) is 7.46. The van der Waals surface area contributed by atoms with Crippen LogP contribution in [0, 0.1) is 5.92 Å². The lowest BCUT2D eigenvalue weighted by atomic mass is 10.1.